The van der Waals surface area contributed by atoms with E-state index in [9.17, 15) is 0 Å². The molecule has 0 atom stereocenters. The van der Waals surface area contributed by atoms with Gasteiger partial charge in [0.15, 0.2) is 0 Å². The van der Waals surface area contributed by atoms with Crippen molar-refractivity contribution in [2.45, 2.75) is 6.92 Å². The first-order valence-electron chi connectivity index (χ1n) is 5.56. The number of rotatable bonds is 7. The fraction of sp³-hybridized carbons (Fsp3) is 0.133. The van der Waals surface area contributed by atoms with Gasteiger partial charge in [-0.25, -0.2) is 0 Å². The molecule has 0 aromatic carbocycles. The molecule has 0 saturated heterocycles. The molecule has 0 aliphatic rings. The van der Waals surface area contributed by atoms with E-state index < -0.39 is 0 Å². The maximum Gasteiger partial charge on any atom is 0.0483 e. The average Bonchev–Trinajstić information content (AvgIpc) is 2.39. The topological polar surface area (TPSA) is 12.9 Å². The minimum atomic E-state index is 0.963. The first-order valence-corrected chi connectivity index (χ1v) is 7.53. The summed E-state index contributed by atoms with van der Waals surface area (Å²) in [6.07, 6.45) is 11.3. The lowest BCUT2D eigenvalue weighted by molar-refractivity contribution is 1.32. The van der Waals surface area contributed by atoms with Crippen LogP contribution in [0, 0.1) is 0 Å². The Morgan fingerprint density at radius 1 is 1.28 bits per heavy atom. The molecule has 0 radical (unpaired) electrons. The van der Waals surface area contributed by atoms with Crippen molar-refractivity contribution < 1.29 is 0 Å². The molecule has 0 saturated carbocycles. The summed E-state index contributed by atoms with van der Waals surface area (Å²) in [6, 6.07) is 4.01. The van der Waals surface area contributed by atoms with Crippen molar-refractivity contribution in [3.8, 4) is 0 Å². The standard InChI is InChI=1S/C15H17NS2/c1-4-7-13(3)17-12-18-15(8-5-2)14-9-6-10-16-11-14/h4-11H,1-2,12H2,3H3/b13-7-,15-8-. The van der Waals surface area contributed by atoms with E-state index in [1.165, 1.54) is 9.81 Å². The lowest BCUT2D eigenvalue weighted by atomic mass is 10.2. The zero-order valence-electron chi connectivity index (χ0n) is 10.5. The number of hydrogen-bond donors (Lipinski definition) is 0. The summed E-state index contributed by atoms with van der Waals surface area (Å²) in [4.78, 5) is 6.60. The third kappa shape index (κ3) is 5.43. The second-order valence-corrected chi connectivity index (χ2v) is 6.03. The fourth-order valence-corrected chi connectivity index (χ4v) is 3.40. The molecule has 1 heterocycles. The molecule has 0 spiro atoms. The molecule has 0 unspecified atom stereocenters. The van der Waals surface area contributed by atoms with E-state index in [0.29, 0.717) is 0 Å². The molecular formula is C15H17NS2. The van der Waals surface area contributed by atoms with Crippen molar-refractivity contribution >= 4 is 28.4 Å². The van der Waals surface area contributed by atoms with E-state index in [-0.39, 0.29) is 0 Å². The lowest BCUT2D eigenvalue weighted by Crippen LogP contribution is -1.82. The van der Waals surface area contributed by atoms with Crippen molar-refractivity contribution in [3.63, 3.8) is 0 Å². The summed E-state index contributed by atoms with van der Waals surface area (Å²) >= 11 is 3.60. The summed E-state index contributed by atoms with van der Waals surface area (Å²) in [6.45, 7) is 9.54. The Morgan fingerprint density at radius 3 is 2.67 bits per heavy atom. The Labute approximate surface area is 118 Å². The average molecular weight is 275 g/mol. The van der Waals surface area contributed by atoms with E-state index in [0.717, 1.165) is 10.6 Å². The molecule has 1 aromatic heterocycles. The number of allylic oxidation sites excluding steroid dienone is 5. The number of pyridine rings is 1. The van der Waals surface area contributed by atoms with Gasteiger partial charge in [-0.3, -0.25) is 4.98 Å². The van der Waals surface area contributed by atoms with Crippen LogP contribution < -0.4 is 0 Å². The first-order chi connectivity index (χ1) is 8.77. The maximum absolute atomic E-state index is 4.14. The van der Waals surface area contributed by atoms with Gasteiger partial charge in [-0.2, -0.15) is 0 Å². The van der Waals surface area contributed by atoms with Crippen molar-refractivity contribution in [2.24, 2.45) is 0 Å². The second kappa shape index (κ2) is 8.84. The minimum Gasteiger partial charge on any atom is -0.264 e. The molecular weight excluding hydrogens is 258 g/mol. The van der Waals surface area contributed by atoms with Crippen LogP contribution in [-0.4, -0.2) is 10.1 Å². The Balaban J connectivity index is 2.61. The largest absolute Gasteiger partial charge is 0.264 e. The van der Waals surface area contributed by atoms with Gasteiger partial charge < -0.3 is 0 Å². The number of thioether (sulfide) groups is 2. The van der Waals surface area contributed by atoms with E-state index in [4.69, 9.17) is 0 Å². The smallest absolute Gasteiger partial charge is 0.0483 e. The second-order valence-electron chi connectivity index (χ2n) is 3.43. The van der Waals surface area contributed by atoms with Gasteiger partial charge in [0.1, 0.15) is 0 Å². The molecule has 18 heavy (non-hydrogen) atoms. The third-order valence-electron chi connectivity index (χ3n) is 2.07. The predicted octanol–water partition coefficient (Wildman–Crippen LogP) is 5.12. The maximum atomic E-state index is 4.14. The first kappa shape index (κ1) is 14.9. The molecule has 3 heteroatoms. The van der Waals surface area contributed by atoms with Gasteiger partial charge in [0.2, 0.25) is 0 Å². The molecule has 1 nitrogen and oxygen atoms in total. The minimum absolute atomic E-state index is 0.963. The normalized spacial score (nSPS) is 12.3. The summed E-state index contributed by atoms with van der Waals surface area (Å²) in [7, 11) is 0. The Morgan fingerprint density at radius 2 is 2.06 bits per heavy atom. The highest BCUT2D eigenvalue weighted by Crippen LogP contribution is 2.32. The van der Waals surface area contributed by atoms with Crippen LogP contribution >= 0.6 is 23.5 Å². The van der Waals surface area contributed by atoms with E-state index >= 15 is 0 Å². The lowest BCUT2D eigenvalue weighted by Gasteiger charge is -2.06. The van der Waals surface area contributed by atoms with E-state index in [1.807, 2.05) is 48.3 Å². The van der Waals surface area contributed by atoms with Crippen LogP contribution in [0.2, 0.25) is 0 Å². The van der Waals surface area contributed by atoms with Gasteiger partial charge in [-0.05, 0) is 24.0 Å². The van der Waals surface area contributed by atoms with Crippen LogP contribution in [0.5, 0.6) is 0 Å². The summed E-state index contributed by atoms with van der Waals surface area (Å²) in [5.74, 6) is 0. The summed E-state index contributed by atoms with van der Waals surface area (Å²) in [5.41, 5.74) is 1.13. The predicted molar refractivity (Wildman–Crippen MR) is 86.4 cm³/mol. The quantitative estimate of drug-likeness (QED) is 0.506. The van der Waals surface area contributed by atoms with Crippen molar-refractivity contribution in [2.75, 3.05) is 5.08 Å². The van der Waals surface area contributed by atoms with Gasteiger partial charge in [0, 0.05) is 27.9 Å². The zero-order valence-corrected chi connectivity index (χ0v) is 12.1. The van der Waals surface area contributed by atoms with Crippen LogP contribution in [-0.2, 0) is 0 Å². The molecule has 94 valence electrons. The van der Waals surface area contributed by atoms with Crippen molar-refractivity contribution in [1.29, 1.82) is 0 Å². The van der Waals surface area contributed by atoms with Crippen LogP contribution in [0.1, 0.15) is 12.5 Å². The number of hydrogen-bond acceptors (Lipinski definition) is 3. The fourth-order valence-electron chi connectivity index (χ4n) is 1.24. The molecule has 1 aromatic rings. The van der Waals surface area contributed by atoms with Gasteiger partial charge in [-0.1, -0.05) is 37.5 Å². The molecule has 0 aliphatic heterocycles. The molecule has 0 bridgehead atoms. The van der Waals surface area contributed by atoms with E-state index in [1.54, 1.807) is 18.0 Å². The third-order valence-corrected chi connectivity index (χ3v) is 4.29. The van der Waals surface area contributed by atoms with E-state index in [2.05, 4.69) is 31.1 Å². The number of nitrogens with zero attached hydrogens (tertiary/aromatic N) is 1. The molecule has 1 rings (SSSR count). The van der Waals surface area contributed by atoms with Crippen molar-refractivity contribution in [3.05, 3.63) is 72.5 Å². The SMILES string of the molecule is C=C/C=C(/C)SCS/C(=C\C=C)c1cccnc1. The monoisotopic (exact) mass is 275 g/mol. The van der Waals surface area contributed by atoms with Gasteiger partial charge in [0.05, 0.1) is 0 Å². The van der Waals surface area contributed by atoms with Gasteiger partial charge in [0.25, 0.3) is 0 Å². The van der Waals surface area contributed by atoms with Crippen LogP contribution in [0.3, 0.4) is 0 Å². The molecule has 0 fully saturated rings. The molecule has 0 amide bonds. The van der Waals surface area contributed by atoms with Crippen LogP contribution in [0.15, 0.2) is 66.9 Å². The highest BCUT2D eigenvalue weighted by atomic mass is 32.2. The number of aromatic nitrogens is 1. The molecule has 0 N–H and O–H groups in total. The highest BCUT2D eigenvalue weighted by molar-refractivity contribution is 8.21. The Kier molecular flexibility index (Phi) is 7.30. The highest BCUT2D eigenvalue weighted by Gasteiger charge is 2.01. The summed E-state index contributed by atoms with van der Waals surface area (Å²) in [5, 5.41) is 0.963. The van der Waals surface area contributed by atoms with Crippen LogP contribution in [0.4, 0.5) is 0 Å². The Hall–Kier alpha value is -1.19. The van der Waals surface area contributed by atoms with Gasteiger partial charge >= 0.3 is 0 Å². The van der Waals surface area contributed by atoms with Gasteiger partial charge in [-0.15, -0.1) is 23.5 Å². The zero-order chi connectivity index (χ0) is 13.2. The Bertz CT molecular complexity index is 447. The van der Waals surface area contributed by atoms with Crippen LogP contribution in [0.25, 0.3) is 4.91 Å². The molecule has 0 aliphatic carbocycles. The van der Waals surface area contributed by atoms with Crippen molar-refractivity contribution in [1.82, 2.24) is 4.98 Å². The summed E-state index contributed by atoms with van der Waals surface area (Å²) < 4.78 is 0.